The number of hydrogen-bond acceptors (Lipinski definition) is 3. The van der Waals surface area contributed by atoms with Gasteiger partial charge in [-0.25, -0.2) is 0 Å². The summed E-state index contributed by atoms with van der Waals surface area (Å²) in [6.07, 6.45) is 7.36. The van der Waals surface area contributed by atoms with Gasteiger partial charge in [-0.1, -0.05) is 0 Å². The second-order valence-electron chi connectivity index (χ2n) is 3.30. The van der Waals surface area contributed by atoms with Crippen molar-refractivity contribution < 1.29 is 14.3 Å². The van der Waals surface area contributed by atoms with Crippen molar-refractivity contribution in [3.63, 3.8) is 0 Å². The van der Waals surface area contributed by atoms with Crippen molar-refractivity contribution in [2.45, 2.75) is 12.8 Å². The highest BCUT2D eigenvalue weighted by Gasteiger charge is 2.31. The van der Waals surface area contributed by atoms with Crippen molar-refractivity contribution in [3.8, 4) is 0 Å². The van der Waals surface area contributed by atoms with E-state index in [0.717, 1.165) is 18.4 Å². The van der Waals surface area contributed by atoms with Gasteiger partial charge in [-0.3, -0.25) is 4.79 Å². The van der Waals surface area contributed by atoms with E-state index in [1.807, 2.05) is 12.2 Å². The maximum absolute atomic E-state index is 11.1. The van der Waals surface area contributed by atoms with Gasteiger partial charge in [-0.2, -0.15) is 0 Å². The summed E-state index contributed by atoms with van der Waals surface area (Å²) in [6.45, 7) is 0.960. The SMILES string of the molecule is O=C(OCC1=CCOC=C1)C1CC1. The highest BCUT2D eigenvalue weighted by Crippen LogP contribution is 2.30. The molecule has 0 unspecified atom stereocenters. The Morgan fingerprint density at radius 3 is 3.08 bits per heavy atom. The number of carbonyl (C=O) groups excluding carboxylic acids is 1. The van der Waals surface area contributed by atoms with Crippen LogP contribution >= 0.6 is 0 Å². The standard InChI is InChI=1S/C10H12O3/c11-10(9-1-2-9)13-7-8-3-5-12-6-4-8/h3-5,9H,1-2,6-7H2. The van der Waals surface area contributed by atoms with Crippen LogP contribution in [0, 0.1) is 5.92 Å². The first kappa shape index (κ1) is 8.35. The first-order chi connectivity index (χ1) is 6.36. The third-order valence-corrected chi connectivity index (χ3v) is 2.11. The molecule has 0 atom stereocenters. The summed E-state index contributed by atoms with van der Waals surface area (Å²) < 4.78 is 10.1. The molecule has 3 heteroatoms. The zero-order chi connectivity index (χ0) is 9.10. The van der Waals surface area contributed by atoms with E-state index < -0.39 is 0 Å². The molecule has 0 aromatic carbocycles. The van der Waals surface area contributed by atoms with Gasteiger partial charge in [0.1, 0.15) is 13.2 Å². The lowest BCUT2D eigenvalue weighted by Crippen LogP contribution is -2.09. The highest BCUT2D eigenvalue weighted by atomic mass is 16.5. The third kappa shape index (κ3) is 2.34. The van der Waals surface area contributed by atoms with Gasteiger partial charge in [0.2, 0.25) is 0 Å². The molecule has 0 saturated heterocycles. The van der Waals surface area contributed by atoms with Crippen LogP contribution in [0.3, 0.4) is 0 Å². The van der Waals surface area contributed by atoms with Crippen molar-refractivity contribution >= 4 is 5.97 Å². The second-order valence-corrected chi connectivity index (χ2v) is 3.30. The summed E-state index contributed by atoms with van der Waals surface area (Å²) in [5, 5.41) is 0. The van der Waals surface area contributed by atoms with E-state index in [-0.39, 0.29) is 11.9 Å². The van der Waals surface area contributed by atoms with Crippen LogP contribution in [-0.4, -0.2) is 19.2 Å². The van der Waals surface area contributed by atoms with Gasteiger partial charge in [0.05, 0.1) is 12.2 Å². The number of hydrogen-bond donors (Lipinski definition) is 0. The molecule has 1 fully saturated rings. The summed E-state index contributed by atoms with van der Waals surface area (Å²) in [7, 11) is 0. The Morgan fingerprint density at radius 1 is 1.62 bits per heavy atom. The summed E-state index contributed by atoms with van der Waals surface area (Å²) in [5.41, 5.74) is 1.01. The summed E-state index contributed by atoms with van der Waals surface area (Å²) in [5.74, 6) is 0.130. The second kappa shape index (κ2) is 3.64. The fourth-order valence-electron chi connectivity index (χ4n) is 1.11. The maximum atomic E-state index is 11.1. The van der Waals surface area contributed by atoms with Gasteiger partial charge in [-0.15, -0.1) is 0 Å². The fourth-order valence-corrected chi connectivity index (χ4v) is 1.11. The van der Waals surface area contributed by atoms with Crippen molar-refractivity contribution in [2.24, 2.45) is 5.92 Å². The van der Waals surface area contributed by atoms with Crippen LogP contribution < -0.4 is 0 Å². The lowest BCUT2D eigenvalue weighted by Gasteiger charge is -2.08. The molecule has 1 aliphatic carbocycles. The van der Waals surface area contributed by atoms with E-state index in [2.05, 4.69) is 0 Å². The Hall–Kier alpha value is -1.25. The molecule has 0 spiro atoms. The number of rotatable bonds is 3. The van der Waals surface area contributed by atoms with Crippen molar-refractivity contribution in [1.29, 1.82) is 0 Å². The molecule has 0 radical (unpaired) electrons. The van der Waals surface area contributed by atoms with E-state index in [9.17, 15) is 4.79 Å². The molecular weight excluding hydrogens is 168 g/mol. The minimum atomic E-state index is -0.0548. The smallest absolute Gasteiger partial charge is 0.309 e. The van der Waals surface area contributed by atoms with Crippen LogP contribution in [-0.2, 0) is 14.3 Å². The molecule has 0 aromatic rings. The Labute approximate surface area is 77.0 Å². The highest BCUT2D eigenvalue weighted by molar-refractivity contribution is 5.75. The Balaban J connectivity index is 1.74. The molecule has 1 saturated carbocycles. The largest absolute Gasteiger partial charge is 0.497 e. The summed E-state index contributed by atoms with van der Waals surface area (Å²) >= 11 is 0. The first-order valence-electron chi connectivity index (χ1n) is 4.50. The van der Waals surface area contributed by atoms with Crippen LogP contribution in [0.5, 0.6) is 0 Å². The van der Waals surface area contributed by atoms with Gasteiger partial charge < -0.3 is 9.47 Å². The van der Waals surface area contributed by atoms with Crippen LogP contribution in [0.1, 0.15) is 12.8 Å². The average Bonchev–Trinajstić information content (AvgIpc) is 2.99. The predicted molar refractivity (Wildman–Crippen MR) is 46.9 cm³/mol. The van der Waals surface area contributed by atoms with Gasteiger partial charge in [0.25, 0.3) is 0 Å². The van der Waals surface area contributed by atoms with Gasteiger partial charge in [0.15, 0.2) is 0 Å². The molecule has 3 nitrogen and oxygen atoms in total. The quantitative estimate of drug-likeness (QED) is 0.616. The minimum Gasteiger partial charge on any atom is -0.497 e. The van der Waals surface area contributed by atoms with Crippen LogP contribution in [0.2, 0.25) is 0 Å². The normalized spacial score (nSPS) is 20.5. The molecule has 1 heterocycles. The molecule has 70 valence electrons. The van der Waals surface area contributed by atoms with Crippen molar-refractivity contribution in [1.82, 2.24) is 0 Å². The molecule has 1 aliphatic heterocycles. The van der Waals surface area contributed by atoms with Gasteiger partial charge in [0, 0.05) is 0 Å². The number of ether oxygens (including phenoxy) is 2. The van der Waals surface area contributed by atoms with Crippen LogP contribution in [0.4, 0.5) is 0 Å². The lowest BCUT2D eigenvalue weighted by molar-refractivity contribution is -0.144. The van der Waals surface area contributed by atoms with E-state index in [1.165, 1.54) is 0 Å². The molecule has 2 aliphatic rings. The first-order valence-corrected chi connectivity index (χ1v) is 4.50. The molecule has 0 aromatic heterocycles. The Kier molecular flexibility index (Phi) is 2.34. The molecule has 0 amide bonds. The van der Waals surface area contributed by atoms with Crippen LogP contribution in [0.15, 0.2) is 24.0 Å². The van der Waals surface area contributed by atoms with Gasteiger partial charge in [-0.05, 0) is 30.6 Å². The molecule has 0 bridgehead atoms. The summed E-state index contributed by atoms with van der Waals surface area (Å²) in [6, 6.07) is 0. The Bertz CT molecular complexity index is 261. The van der Waals surface area contributed by atoms with E-state index >= 15 is 0 Å². The molecule has 13 heavy (non-hydrogen) atoms. The third-order valence-electron chi connectivity index (χ3n) is 2.11. The fraction of sp³-hybridized carbons (Fsp3) is 0.500. The predicted octanol–water partition coefficient (Wildman–Crippen LogP) is 1.41. The van der Waals surface area contributed by atoms with E-state index in [0.29, 0.717) is 13.2 Å². The number of esters is 1. The zero-order valence-electron chi connectivity index (χ0n) is 7.36. The number of carbonyl (C=O) groups is 1. The van der Waals surface area contributed by atoms with Crippen molar-refractivity contribution in [3.05, 3.63) is 24.0 Å². The minimum absolute atomic E-state index is 0.0548. The lowest BCUT2D eigenvalue weighted by atomic mass is 10.2. The Morgan fingerprint density at radius 2 is 2.46 bits per heavy atom. The monoisotopic (exact) mass is 180 g/mol. The average molecular weight is 180 g/mol. The van der Waals surface area contributed by atoms with Gasteiger partial charge >= 0.3 is 5.97 Å². The molecule has 0 N–H and O–H groups in total. The van der Waals surface area contributed by atoms with E-state index in [4.69, 9.17) is 9.47 Å². The molecule has 2 rings (SSSR count). The maximum Gasteiger partial charge on any atom is 0.309 e. The van der Waals surface area contributed by atoms with E-state index in [1.54, 1.807) is 6.26 Å². The molecular formula is C10H12O3. The van der Waals surface area contributed by atoms with Crippen LogP contribution in [0.25, 0.3) is 0 Å². The summed E-state index contributed by atoms with van der Waals surface area (Å²) in [4.78, 5) is 11.1. The van der Waals surface area contributed by atoms with Crippen molar-refractivity contribution in [2.75, 3.05) is 13.2 Å². The topological polar surface area (TPSA) is 35.5 Å². The zero-order valence-corrected chi connectivity index (χ0v) is 7.36.